The number of fused-ring (bicyclic) bond motifs is 1. The van der Waals surface area contributed by atoms with Gasteiger partial charge >= 0.3 is 0 Å². The van der Waals surface area contributed by atoms with Crippen LogP contribution in [0.2, 0.25) is 0 Å². The number of ether oxygens (including phenoxy) is 4. The first-order chi connectivity index (χ1) is 14.3. The molecule has 7 nitrogen and oxygen atoms in total. The fourth-order valence-corrected chi connectivity index (χ4v) is 3.33. The Morgan fingerprint density at radius 3 is 2.86 bits per heavy atom. The lowest BCUT2D eigenvalue weighted by molar-refractivity contribution is 0.0699. The second kappa shape index (κ2) is 12.3. The van der Waals surface area contributed by atoms with Gasteiger partial charge in [0.15, 0.2) is 17.5 Å². The number of thiophene rings is 1. The van der Waals surface area contributed by atoms with Crippen molar-refractivity contribution in [2.24, 2.45) is 4.99 Å². The fraction of sp³-hybridized carbons (Fsp3) is 0.476. The Hall–Kier alpha value is -2.29. The van der Waals surface area contributed by atoms with Gasteiger partial charge in [0.2, 0.25) is 0 Å². The predicted octanol–water partition coefficient (Wildman–Crippen LogP) is 3.52. The molecule has 2 N–H and O–H groups in total. The van der Waals surface area contributed by atoms with E-state index < -0.39 is 0 Å². The number of rotatable bonds is 10. The van der Waals surface area contributed by atoms with Gasteiger partial charge < -0.3 is 29.6 Å². The molecule has 0 bridgehead atoms. The molecule has 0 spiro atoms. The molecule has 0 atom stereocenters. The van der Waals surface area contributed by atoms with Crippen LogP contribution < -0.4 is 20.1 Å². The minimum Gasteiger partial charge on any atom is -0.490 e. The summed E-state index contributed by atoms with van der Waals surface area (Å²) in [5.74, 6) is 2.27. The Bertz CT molecular complexity index is 752. The van der Waals surface area contributed by atoms with Crippen molar-refractivity contribution < 1.29 is 18.9 Å². The Morgan fingerprint density at radius 2 is 2.03 bits per heavy atom. The van der Waals surface area contributed by atoms with Crippen molar-refractivity contribution in [2.45, 2.75) is 19.4 Å². The highest BCUT2D eigenvalue weighted by atomic mass is 32.1. The molecule has 1 aromatic heterocycles. The molecule has 2 aromatic rings. The zero-order valence-electron chi connectivity index (χ0n) is 16.8. The lowest BCUT2D eigenvalue weighted by Crippen LogP contribution is -2.32. The van der Waals surface area contributed by atoms with E-state index in [2.05, 4.69) is 22.1 Å². The molecule has 1 aliphatic heterocycles. The number of methoxy groups -OCH3 is 1. The molecule has 0 amide bonds. The van der Waals surface area contributed by atoms with Crippen molar-refractivity contribution in [2.75, 3.05) is 52.0 Å². The largest absolute Gasteiger partial charge is 0.490 e. The molecule has 0 fully saturated rings. The maximum Gasteiger partial charge on any atom is 0.196 e. The number of nitrogens with one attached hydrogen (secondary N) is 2. The second-order valence-electron chi connectivity index (χ2n) is 6.47. The van der Waals surface area contributed by atoms with Gasteiger partial charge in [-0.1, -0.05) is 6.07 Å². The number of hydrogen-bond donors (Lipinski definition) is 2. The monoisotopic (exact) mass is 419 g/mol. The first kappa shape index (κ1) is 21.4. The Kier molecular flexibility index (Phi) is 9.09. The summed E-state index contributed by atoms with van der Waals surface area (Å²) in [7, 11) is 1.67. The van der Waals surface area contributed by atoms with E-state index in [1.807, 2.05) is 24.3 Å². The normalized spacial score (nSPS) is 13.8. The Morgan fingerprint density at radius 1 is 1.14 bits per heavy atom. The van der Waals surface area contributed by atoms with E-state index in [9.17, 15) is 0 Å². The average molecular weight is 420 g/mol. The SMILES string of the molecule is COCCOCCCNC(=NCc1cccs1)Nc1ccc2c(c1)OCCCO2. The van der Waals surface area contributed by atoms with Gasteiger partial charge in [-0.3, -0.25) is 0 Å². The molecule has 1 aromatic carbocycles. The molecular weight excluding hydrogens is 390 g/mol. The van der Waals surface area contributed by atoms with Crippen molar-refractivity contribution in [3.63, 3.8) is 0 Å². The van der Waals surface area contributed by atoms with Crippen LogP contribution in [0.3, 0.4) is 0 Å². The lowest BCUT2D eigenvalue weighted by atomic mass is 10.2. The minimum atomic E-state index is 0.616. The molecule has 1 aliphatic rings. The highest BCUT2D eigenvalue weighted by Crippen LogP contribution is 2.32. The molecule has 3 rings (SSSR count). The summed E-state index contributed by atoms with van der Waals surface area (Å²) in [5.41, 5.74) is 0.906. The maximum atomic E-state index is 5.78. The van der Waals surface area contributed by atoms with Gasteiger partial charge in [-0.05, 0) is 30.0 Å². The van der Waals surface area contributed by atoms with Crippen molar-refractivity contribution in [3.8, 4) is 11.5 Å². The predicted molar refractivity (Wildman–Crippen MR) is 116 cm³/mol. The summed E-state index contributed by atoms with van der Waals surface area (Å²) in [6, 6.07) is 9.99. The third kappa shape index (κ3) is 7.56. The fourth-order valence-electron chi connectivity index (χ4n) is 2.70. The third-order valence-electron chi connectivity index (χ3n) is 4.17. The molecule has 8 heteroatoms. The van der Waals surface area contributed by atoms with E-state index >= 15 is 0 Å². The van der Waals surface area contributed by atoms with Gasteiger partial charge in [0, 0.05) is 43.3 Å². The smallest absolute Gasteiger partial charge is 0.196 e. The number of hydrogen-bond acceptors (Lipinski definition) is 6. The van der Waals surface area contributed by atoms with Crippen LogP contribution in [0.4, 0.5) is 5.69 Å². The van der Waals surface area contributed by atoms with Gasteiger partial charge in [-0.15, -0.1) is 11.3 Å². The van der Waals surface area contributed by atoms with Crippen molar-refractivity contribution >= 4 is 23.0 Å². The molecule has 0 unspecified atom stereocenters. The van der Waals surface area contributed by atoms with Gasteiger partial charge in [0.05, 0.1) is 33.0 Å². The van der Waals surface area contributed by atoms with E-state index in [1.165, 1.54) is 4.88 Å². The highest BCUT2D eigenvalue weighted by Gasteiger charge is 2.11. The number of anilines is 1. The summed E-state index contributed by atoms with van der Waals surface area (Å²) in [5, 5.41) is 8.81. The highest BCUT2D eigenvalue weighted by molar-refractivity contribution is 7.09. The lowest BCUT2D eigenvalue weighted by Gasteiger charge is -2.14. The quantitative estimate of drug-likeness (QED) is 0.349. The van der Waals surface area contributed by atoms with E-state index in [0.717, 1.165) is 42.5 Å². The van der Waals surface area contributed by atoms with Gasteiger partial charge in [0.1, 0.15) is 0 Å². The average Bonchev–Trinajstić information content (AvgIpc) is 3.15. The van der Waals surface area contributed by atoms with E-state index in [0.29, 0.717) is 39.6 Å². The molecule has 0 radical (unpaired) electrons. The number of nitrogens with zero attached hydrogens (tertiary/aromatic N) is 1. The standard InChI is InChI=1S/C21H29N3O4S/c1-25-12-13-26-9-3-8-22-21(23-16-18-5-2-14-29-18)24-17-6-7-19-20(15-17)28-11-4-10-27-19/h2,5-7,14-15H,3-4,8-13,16H2,1H3,(H2,22,23,24). The Labute approximate surface area is 176 Å². The molecule has 0 aliphatic carbocycles. The van der Waals surface area contributed by atoms with Crippen LogP contribution in [0.5, 0.6) is 11.5 Å². The van der Waals surface area contributed by atoms with Crippen molar-refractivity contribution in [1.29, 1.82) is 0 Å². The van der Waals surface area contributed by atoms with Gasteiger partial charge in [-0.25, -0.2) is 4.99 Å². The summed E-state index contributed by atoms with van der Waals surface area (Å²) < 4.78 is 22.0. The zero-order valence-corrected chi connectivity index (χ0v) is 17.6. The first-order valence-electron chi connectivity index (χ1n) is 9.89. The molecule has 0 saturated heterocycles. The minimum absolute atomic E-state index is 0.616. The van der Waals surface area contributed by atoms with Crippen molar-refractivity contribution in [1.82, 2.24) is 5.32 Å². The number of aliphatic imine (C=N–C) groups is 1. The molecule has 0 saturated carbocycles. The van der Waals surface area contributed by atoms with E-state index in [4.69, 9.17) is 23.9 Å². The van der Waals surface area contributed by atoms with Crippen LogP contribution in [0.25, 0.3) is 0 Å². The molecule has 29 heavy (non-hydrogen) atoms. The van der Waals surface area contributed by atoms with Crippen molar-refractivity contribution in [3.05, 3.63) is 40.6 Å². The summed E-state index contributed by atoms with van der Waals surface area (Å²) in [6.07, 6.45) is 1.77. The first-order valence-corrected chi connectivity index (χ1v) is 10.8. The molecule has 2 heterocycles. The van der Waals surface area contributed by atoms with Gasteiger partial charge in [0.25, 0.3) is 0 Å². The van der Waals surface area contributed by atoms with Crippen LogP contribution in [0.15, 0.2) is 40.7 Å². The third-order valence-corrected chi connectivity index (χ3v) is 5.03. The second-order valence-corrected chi connectivity index (χ2v) is 7.50. The summed E-state index contributed by atoms with van der Waals surface area (Å²) in [4.78, 5) is 5.93. The molecule has 158 valence electrons. The maximum absolute atomic E-state index is 5.78. The van der Waals surface area contributed by atoms with Gasteiger partial charge in [-0.2, -0.15) is 0 Å². The van der Waals surface area contributed by atoms with Crippen LogP contribution in [0.1, 0.15) is 17.7 Å². The number of benzene rings is 1. The van der Waals surface area contributed by atoms with Crippen LogP contribution in [0, 0.1) is 0 Å². The topological polar surface area (TPSA) is 73.3 Å². The van der Waals surface area contributed by atoms with E-state index in [1.54, 1.807) is 18.4 Å². The zero-order chi connectivity index (χ0) is 20.2. The van der Waals surface area contributed by atoms with E-state index in [-0.39, 0.29) is 0 Å². The Balaban J connectivity index is 1.57. The van der Waals surface area contributed by atoms with Crippen LogP contribution >= 0.6 is 11.3 Å². The molecular formula is C21H29N3O4S. The van der Waals surface area contributed by atoms with Crippen LogP contribution in [-0.4, -0.2) is 52.6 Å². The van der Waals surface area contributed by atoms with Crippen LogP contribution in [-0.2, 0) is 16.0 Å². The summed E-state index contributed by atoms with van der Waals surface area (Å²) in [6.45, 7) is 4.64. The summed E-state index contributed by atoms with van der Waals surface area (Å²) >= 11 is 1.70. The number of guanidine groups is 1.